The van der Waals surface area contributed by atoms with Gasteiger partial charge in [0.2, 0.25) is 5.82 Å². The summed E-state index contributed by atoms with van der Waals surface area (Å²) in [7, 11) is -2.47. The fourth-order valence-electron chi connectivity index (χ4n) is 1.47. The highest BCUT2D eigenvalue weighted by Gasteiger charge is 2.32. The predicted molar refractivity (Wildman–Crippen MR) is 59.4 cm³/mol. The second-order valence-corrected chi connectivity index (χ2v) is 6.20. The molecule has 2 atom stereocenters. The van der Waals surface area contributed by atoms with Gasteiger partial charge in [-0.25, -0.2) is 8.84 Å². The van der Waals surface area contributed by atoms with Crippen LogP contribution in [0.4, 0.5) is 5.82 Å². The van der Waals surface area contributed by atoms with Crippen molar-refractivity contribution in [3.63, 3.8) is 0 Å². The highest BCUT2D eigenvalue weighted by Crippen LogP contribution is 2.22. The summed E-state index contributed by atoms with van der Waals surface area (Å²) in [5.74, 6) is 0.417. The Labute approximate surface area is 97.0 Å². The first-order chi connectivity index (χ1) is 8.04. The maximum absolute atomic E-state index is 11.5. The molecule has 1 aliphatic heterocycles. The third-order valence-electron chi connectivity index (χ3n) is 2.62. The van der Waals surface area contributed by atoms with Crippen molar-refractivity contribution in [1.82, 2.24) is 10.3 Å². The third kappa shape index (κ3) is 2.16. The molecule has 94 valence electrons. The second-order valence-electron chi connectivity index (χ2n) is 3.67. The van der Waals surface area contributed by atoms with E-state index in [0.29, 0.717) is 12.3 Å². The van der Waals surface area contributed by atoms with Crippen LogP contribution >= 0.6 is 0 Å². The molecule has 0 amide bonds. The van der Waals surface area contributed by atoms with Gasteiger partial charge >= 0.3 is 0 Å². The van der Waals surface area contributed by atoms with Gasteiger partial charge in [0, 0.05) is 22.0 Å². The Morgan fingerprint density at radius 3 is 3.06 bits per heavy atom. The van der Waals surface area contributed by atoms with Crippen LogP contribution in [0.2, 0.25) is 0 Å². The molecule has 2 rings (SSSR count). The summed E-state index contributed by atoms with van der Waals surface area (Å²) < 4.78 is 23.4. The summed E-state index contributed by atoms with van der Waals surface area (Å²) in [6.45, 7) is 0.322. The molecule has 5 N–H and O–H groups in total. The third-order valence-corrected chi connectivity index (χ3v) is 4.94. The molecular formula is C7H12N6O3S. The van der Waals surface area contributed by atoms with Crippen LogP contribution in [-0.4, -0.2) is 43.1 Å². The zero-order chi connectivity index (χ0) is 12.5. The second kappa shape index (κ2) is 4.20. The molecule has 1 aliphatic rings. The van der Waals surface area contributed by atoms with Crippen LogP contribution in [0, 0.1) is 4.78 Å². The predicted octanol–water partition coefficient (Wildman–Crippen LogP) is -0.605. The minimum absolute atomic E-state index is 0.0864. The average molecular weight is 260 g/mol. The van der Waals surface area contributed by atoms with E-state index in [2.05, 4.69) is 25.4 Å². The standard InChI is InChI=1S/C7H12N6O3S/c8-6(11-14)5-7(13-16-12-5)10-3-4-1-2-17(4,9)15/h4,9,14H,1-3H2,(H2,8,11)(H,10,13). The van der Waals surface area contributed by atoms with Gasteiger partial charge < -0.3 is 16.3 Å². The highest BCUT2D eigenvalue weighted by molar-refractivity contribution is 7.94. The molecular weight excluding hydrogens is 248 g/mol. The van der Waals surface area contributed by atoms with Crippen molar-refractivity contribution in [2.24, 2.45) is 10.9 Å². The molecule has 0 radical (unpaired) electrons. The fraction of sp³-hybridized carbons (Fsp3) is 0.571. The van der Waals surface area contributed by atoms with Crippen LogP contribution < -0.4 is 11.1 Å². The van der Waals surface area contributed by atoms with Gasteiger partial charge in [-0.05, 0) is 16.7 Å². The fourth-order valence-corrected chi connectivity index (χ4v) is 2.82. The average Bonchev–Trinajstić information content (AvgIpc) is 2.75. The number of anilines is 1. The van der Waals surface area contributed by atoms with E-state index in [1.807, 2.05) is 0 Å². The van der Waals surface area contributed by atoms with E-state index >= 15 is 0 Å². The van der Waals surface area contributed by atoms with Crippen molar-refractivity contribution < 1.29 is 14.0 Å². The lowest BCUT2D eigenvalue weighted by Gasteiger charge is -2.28. The quantitative estimate of drug-likeness (QED) is 0.244. The number of nitrogens with one attached hydrogen (secondary N) is 2. The Balaban J connectivity index is 2.03. The Bertz CT molecular complexity index is 536. The monoisotopic (exact) mass is 260 g/mol. The van der Waals surface area contributed by atoms with E-state index in [9.17, 15) is 4.21 Å². The van der Waals surface area contributed by atoms with Crippen molar-refractivity contribution in [2.45, 2.75) is 11.7 Å². The van der Waals surface area contributed by atoms with Crippen LogP contribution in [-0.2, 0) is 9.73 Å². The van der Waals surface area contributed by atoms with Crippen molar-refractivity contribution in [2.75, 3.05) is 17.6 Å². The van der Waals surface area contributed by atoms with Crippen LogP contribution in [0.25, 0.3) is 0 Å². The zero-order valence-electron chi connectivity index (χ0n) is 8.79. The van der Waals surface area contributed by atoms with Crippen LogP contribution in [0.15, 0.2) is 9.78 Å². The summed E-state index contributed by atoms with van der Waals surface area (Å²) in [5, 5.41) is 20.9. The van der Waals surface area contributed by atoms with E-state index in [1.165, 1.54) is 0 Å². The largest absolute Gasteiger partial charge is 0.409 e. The minimum atomic E-state index is -2.47. The lowest BCUT2D eigenvalue weighted by molar-refractivity contribution is 0.304. The summed E-state index contributed by atoms with van der Waals surface area (Å²) in [5.41, 5.74) is 5.44. The van der Waals surface area contributed by atoms with Gasteiger partial charge in [0.1, 0.15) is 0 Å². The number of nitrogens with zero attached hydrogens (tertiary/aromatic N) is 3. The van der Waals surface area contributed by atoms with Crippen molar-refractivity contribution in [3.8, 4) is 0 Å². The summed E-state index contributed by atoms with van der Waals surface area (Å²) >= 11 is 0. The molecule has 0 spiro atoms. The van der Waals surface area contributed by atoms with Gasteiger partial charge in [-0.2, -0.15) is 0 Å². The van der Waals surface area contributed by atoms with Crippen molar-refractivity contribution >= 4 is 21.4 Å². The molecule has 0 saturated carbocycles. The van der Waals surface area contributed by atoms with Gasteiger partial charge in [0.15, 0.2) is 11.5 Å². The van der Waals surface area contributed by atoms with Gasteiger partial charge in [0.05, 0.1) is 5.25 Å². The topological polar surface area (TPSA) is 150 Å². The maximum Gasteiger partial charge on any atom is 0.202 e. The Kier molecular flexibility index (Phi) is 2.88. The molecule has 10 heteroatoms. The molecule has 9 nitrogen and oxygen atoms in total. The van der Waals surface area contributed by atoms with Crippen molar-refractivity contribution in [1.29, 1.82) is 4.78 Å². The van der Waals surface area contributed by atoms with Gasteiger partial charge in [0.25, 0.3) is 0 Å². The first kappa shape index (κ1) is 11.6. The summed E-state index contributed by atoms with van der Waals surface area (Å²) in [6, 6.07) is 0. The zero-order valence-corrected chi connectivity index (χ0v) is 9.61. The molecule has 17 heavy (non-hydrogen) atoms. The lowest BCUT2D eigenvalue weighted by Crippen LogP contribution is -2.40. The summed E-state index contributed by atoms with van der Waals surface area (Å²) in [4.78, 5) is 0. The van der Waals surface area contributed by atoms with Crippen LogP contribution in [0.5, 0.6) is 0 Å². The molecule has 0 aliphatic carbocycles. The Hall–Kier alpha value is -1.84. The Morgan fingerprint density at radius 2 is 2.53 bits per heavy atom. The van der Waals surface area contributed by atoms with E-state index in [0.717, 1.165) is 6.42 Å². The molecule has 1 saturated heterocycles. The molecule has 2 unspecified atom stereocenters. The number of nitrogens with two attached hydrogens (primary N) is 1. The number of rotatable bonds is 4. The van der Waals surface area contributed by atoms with Crippen LogP contribution in [0.3, 0.4) is 0 Å². The maximum atomic E-state index is 11.5. The first-order valence-corrected chi connectivity index (χ1v) is 6.63. The van der Waals surface area contributed by atoms with Crippen molar-refractivity contribution in [3.05, 3.63) is 5.69 Å². The summed E-state index contributed by atoms with van der Waals surface area (Å²) in [6.07, 6.45) is 0.736. The van der Waals surface area contributed by atoms with E-state index < -0.39 is 9.73 Å². The molecule has 0 bridgehead atoms. The molecule has 1 aromatic heterocycles. The van der Waals surface area contributed by atoms with Gasteiger partial charge in [-0.15, -0.1) is 0 Å². The Morgan fingerprint density at radius 1 is 1.76 bits per heavy atom. The normalized spacial score (nSPS) is 28.7. The molecule has 1 fully saturated rings. The molecule has 0 aromatic carbocycles. The van der Waals surface area contributed by atoms with E-state index in [4.69, 9.17) is 15.7 Å². The van der Waals surface area contributed by atoms with Gasteiger partial charge in [-0.1, -0.05) is 5.16 Å². The van der Waals surface area contributed by atoms with E-state index in [1.54, 1.807) is 0 Å². The van der Waals surface area contributed by atoms with Crippen LogP contribution in [0.1, 0.15) is 12.1 Å². The molecule has 1 aromatic rings. The minimum Gasteiger partial charge on any atom is -0.409 e. The SMILES string of the molecule is N=S1(=O)CCC1CNc1nonc1/C(N)=N/O. The smallest absolute Gasteiger partial charge is 0.202 e. The van der Waals surface area contributed by atoms with E-state index in [-0.39, 0.29) is 22.6 Å². The highest BCUT2D eigenvalue weighted by atomic mass is 32.2. The number of hydrogen-bond acceptors (Lipinski definition) is 8. The van der Waals surface area contributed by atoms with Gasteiger partial charge in [-0.3, -0.25) is 4.78 Å². The lowest BCUT2D eigenvalue weighted by atomic mass is 10.3. The number of oxime groups is 1. The number of amidine groups is 1. The molecule has 2 heterocycles. The number of hydrogen-bond donors (Lipinski definition) is 4. The number of aromatic nitrogens is 2. The first-order valence-electron chi connectivity index (χ1n) is 4.84.